The zero-order chi connectivity index (χ0) is 86.6. The molecule has 0 saturated carbocycles. The van der Waals surface area contributed by atoms with E-state index < -0.39 is 15.5 Å². The van der Waals surface area contributed by atoms with Crippen molar-refractivity contribution < 1.29 is 0 Å². The van der Waals surface area contributed by atoms with Gasteiger partial charge in [-0.05, 0) is 289 Å². The molecular formula is C112H153ClSi2. The van der Waals surface area contributed by atoms with Crippen LogP contribution in [0, 0.1) is 27.7 Å². The van der Waals surface area contributed by atoms with E-state index in [1.807, 2.05) is 0 Å². The van der Waals surface area contributed by atoms with Gasteiger partial charge < -0.3 is 0 Å². The molecule has 8 aromatic carbocycles. The number of rotatable bonds is 7. The first-order chi connectivity index (χ1) is 52.0. The molecule has 0 aromatic heterocycles. The van der Waals surface area contributed by atoms with Crippen molar-refractivity contribution in [3.8, 4) is 44.5 Å². The van der Waals surface area contributed by atoms with Crippen LogP contribution >= 0.6 is 11.1 Å². The van der Waals surface area contributed by atoms with E-state index in [4.69, 9.17) is 11.1 Å². The summed E-state index contributed by atoms with van der Waals surface area (Å²) >= 11 is 6.96. The second kappa shape index (κ2) is 30.6. The normalized spacial score (nSPS) is 16.4. The van der Waals surface area contributed by atoms with E-state index in [1.54, 1.807) is 16.7 Å². The Morgan fingerprint density at radius 3 is 0.983 bits per heavy atom. The maximum atomic E-state index is 6.96. The third kappa shape index (κ3) is 18.9. The predicted molar refractivity (Wildman–Crippen MR) is 521 cm³/mol. The molecule has 0 amide bonds. The molecule has 0 aliphatic heterocycles. The van der Waals surface area contributed by atoms with E-state index in [0.717, 1.165) is 12.8 Å². The number of allylic oxidation sites excluding steroid dienone is 4. The molecule has 0 spiro atoms. The monoisotopic (exact) mass is 1590 g/mol. The van der Waals surface area contributed by atoms with Gasteiger partial charge >= 0.3 is 0 Å². The molecule has 4 aliphatic rings. The second-order valence-corrected chi connectivity index (χ2v) is 58.8. The summed E-state index contributed by atoms with van der Waals surface area (Å²) in [4.78, 5) is 0. The first-order valence-electron chi connectivity index (χ1n) is 43.7. The van der Waals surface area contributed by atoms with Gasteiger partial charge in [0.1, 0.15) is 0 Å². The lowest BCUT2D eigenvalue weighted by molar-refractivity contribution is 0.568. The Kier molecular flexibility index (Phi) is 24.2. The molecular weight excluding hydrogens is 1440 g/mol. The van der Waals surface area contributed by atoms with Crippen LogP contribution in [-0.2, 0) is 67.0 Å². The smallest absolute Gasteiger partial charge is 0.161 e. The molecule has 8 aromatic rings. The lowest BCUT2D eigenvalue weighted by Gasteiger charge is -2.40. The van der Waals surface area contributed by atoms with Crippen LogP contribution in [-0.4, -0.2) is 15.5 Å². The minimum absolute atomic E-state index is 0.0182. The molecule has 0 fully saturated rings. The van der Waals surface area contributed by atoms with E-state index in [9.17, 15) is 0 Å². The molecule has 12 rings (SSSR count). The van der Waals surface area contributed by atoms with Crippen molar-refractivity contribution in [2.45, 2.75) is 367 Å². The van der Waals surface area contributed by atoms with Crippen molar-refractivity contribution in [3.63, 3.8) is 0 Å². The molecule has 2 atom stereocenters. The van der Waals surface area contributed by atoms with Crippen molar-refractivity contribution in [2.75, 3.05) is 0 Å². The first-order valence-corrected chi connectivity index (χ1v) is 50.9. The molecule has 0 N–H and O–H groups in total. The van der Waals surface area contributed by atoms with E-state index in [0.29, 0.717) is 11.1 Å². The Morgan fingerprint density at radius 2 is 0.609 bits per heavy atom. The van der Waals surface area contributed by atoms with Crippen molar-refractivity contribution in [1.29, 1.82) is 0 Å². The zero-order valence-electron chi connectivity index (χ0n) is 80.6. The highest BCUT2D eigenvalue weighted by atomic mass is 35.6. The third-order valence-corrected chi connectivity index (χ3v) is 32.9. The van der Waals surface area contributed by atoms with Crippen LogP contribution in [0.1, 0.15) is 369 Å². The second-order valence-electron chi connectivity index (χ2n) is 47.7. The summed E-state index contributed by atoms with van der Waals surface area (Å²) in [7, 11) is -4.05. The van der Waals surface area contributed by atoms with Gasteiger partial charge in [0.2, 0.25) is 0 Å². The van der Waals surface area contributed by atoms with E-state index >= 15 is 0 Å². The average molecular weight is 1590 g/mol. The SMILES string of the molecule is CC1=C([Si](C)(C)Cl)c2cc(C)cc(-c3cc(C(C)(C)C)cc(C(C)(C)C)c3)c2C1.CC1=Cc2c(-c3cc(C(C)(C)C)cc(C(C)(C)C)c3)cc(C)cc2C1[Si](C)(C)C1C(C)=Cc2c1cc(C(C)(C)C)c(C)c2-c1cc(C(C)(C)C)cc(C(C)(C)C)c1.CC1=Cc2cc(C(C)(C)C)c(C)c(-c3cc(C(C)(C)C)cc(C(C)(C)C)c3)c2C1. The van der Waals surface area contributed by atoms with Gasteiger partial charge in [-0.2, -0.15) is 11.1 Å². The molecule has 0 heterocycles. The molecule has 115 heavy (non-hydrogen) atoms. The molecule has 2 unspecified atom stereocenters. The lowest BCUT2D eigenvalue weighted by Crippen LogP contribution is -2.42. The van der Waals surface area contributed by atoms with Gasteiger partial charge in [-0.15, -0.1) is 0 Å². The van der Waals surface area contributed by atoms with Gasteiger partial charge in [0.05, 0.1) is 8.07 Å². The summed E-state index contributed by atoms with van der Waals surface area (Å²) in [6.45, 7) is 99.0. The zero-order valence-corrected chi connectivity index (χ0v) is 83.3. The van der Waals surface area contributed by atoms with Gasteiger partial charge in [-0.3, -0.25) is 0 Å². The number of hydrogen-bond donors (Lipinski definition) is 0. The number of halogens is 1. The van der Waals surface area contributed by atoms with Crippen LogP contribution in [0.2, 0.25) is 26.2 Å². The van der Waals surface area contributed by atoms with Gasteiger partial charge in [0.15, 0.2) is 7.38 Å². The maximum Gasteiger partial charge on any atom is 0.181 e. The van der Waals surface area contributed by atoms with Crippen molar-refractivity contribution in [2.24, 2.45) is 0 Å². The summed E-state index contributed by atoms with van der Waals surface area (Å²) in [6, 6.07) is 44.4. The van der Waals surface area contributed by atoms with E-state index in [2.05, 4.69) is 417 Å². The van der Waals surface area contributed by atoms with Crippen molar-refractivity contribution in [3.05, 3.63) is 254 Å². The minimum atomic E-state index is -2.14. The summed E-state index contributed by atoms with van der Waals surface area (Å²) in [6.07, 6.45) is 9.67. The van der Waals surface area contributed by atoms with Gasteiger partial charge in [0.25, 0.3) is 0 Å². The van der Waals surface area contributed by atoms with Crippen LogP contribution in [0.5, 0.6) is 0 Å². The highest BCUT2D eigenvalue weighted by molar-refractivity contribution is 7.29. The number of fused-ring (bicyclic) bond motifs is 4. The fourth-order valence-electron chi connectivity index (χ4n) is 19.5. The van der Waals surface area contributed by atoms with Gasteiger partial charge in [-0.1, -0.05) is 389 Å². The van der Waals surface area contributed by atoms with Gasteiger partial charge in [0, 0.05) is 11.1 Å². The Hall–Kier alpha value is -6.56. The summed E-state index contributed by atoms with van der Waals surface area (Å²) < 4.78 is 0. The van der Waals surface area contributed by atoms with E-state index in [-0.39, 0.29) is 54.1 Å². The maximum absolute atomic E-state index is 6.96. The number of hydrogen-bond acceptors (Lipinski definition) is 0. The van der Waals surface area contributed by atoms with Crippen molar-refractivity contribution >= 4 is 50.0 Å². The van der Waals surface area contributed by atoms with Crippen LogP contribution in [0.15, 0.2) is 131 Å². The van der Waals surface area contributed by atoms with Crippen molar-refractivity contribution in [1.82, 2.24) is 0 Å². The molecule has 0 radical (unpaired) electrons. The quantitative estimate of drug-likeness (QED) is 0.110. The average Bonchev–Trinajstić information content (AvgIpc) is 1.55. The fraction of sp³-hybridized carbons (Fsp3) is 0.500. The van der Waals surface area contributed by atoms with Crippen LogP contribution in [0.4, 0.5) is 0 Å². The Labute approximate surface area is 710 Å². The van der Waals surface area contributed by atoms with Gasteiger partial charge in [-0.25, -0.2) is 0 Å². The largest absolute Gasteiger partial charge is 0.181 e. The predicted octanol–water partition coefficient (Wildman–Crippen LogP) is 33.7. The molecule has 4 aliphatic carbocycles. The highest BCUT2D eigenvalue weighted by Crippen LogP contribution is 2.58. The Morgan fingerprint density at radius 1 is 0.296 bits per heavy atom. The lowest BCUT2D eigenvalue weighted by atomic mass is 9.75. The summed E-state index contributed by atoms with van der Waals surface area (Å²) in [5, 5.41) is 1.45. The standard InChI is InChI=1S/C56H76Si.C29H40.C27H37ClSi/c1-33-22-43(37-26-39(52(5,6)7)30-40(27-37)53(8,9)10)44-24-34(2)50(46(44)23-33)57(20,21)51-35(3)25-45-47(51)32-48(56(17,18)19)36(4)49(45)38-28-41(54(11,12)13)31-42(29-38)55(14,15)16;1-18-12-20-16-25(29(9,10)11)19(2)26(24(20)13-18)21-14-22(27(3,4)5)17-23(15-21)28(6,7)8;1-17-11-22(23-13-18(2)25(24(23)12-17)29(9,10)28)19-14-20(26(3,4)5)16-21(15-19)27(6,7)8/h22-32,50-51H,1-21H3;12,14-17H,13H2,1-11H3;11-12,14-16H,13H2,1-10H3. The molecule has 616 valence electrons. The van der Waals surface area contributed by atoms with E-state index in [1.165, 1.54) is 178 Å². The molecule has 0 bridgehead atoms. The fourth-order valence-corrected chi connectivity index (χ4v) is 27.2. The summed E-state index contributed by atoms with van der Waals surface area (Å²) in [5.74, 6) is 0. The first kappa shape index (κ1) is 90.8. The third-order valence-electron chi connectivity index (χ3n) is 26.0. The Balaban J connectivity index is 0.000000202. The minimum Gasteiger partial charge on any atom is -0.161 e. The molecule has 3 heteroatoms. The highest BCUT2D eigenvalue weighted by Gasteiger charge is 2.49. The molecule has 0 nitrogen and oxygen atoms in total. The molecule has 0 saturated heterocycles. The summed E-state index contributed by atoms with van der Waals surface area (Å²) in [5.41, 5.74) is 50.6. The van der Waals surface area contributed by atoms with Crippen LogP contribution < -0.4 is 0 Å². The van der Waals surface area contributed by atoms with Crippen LogP contribution in [0.25, 0.3) is 67.9 Å². The topological polar surface area (TPSA) is 0 Å². The Bertz CT molecular complexity index is 5150. The van der Waals surface area contributed by atoms with Crippen LogP contribution in [0.3, 0.4) is 0 Å². The number of aryl methyl sites for hydroxylation is 2. The number of benzene rings is 8.